The molecular formula is C11H22N2O. The van der Waals surface area contributed by atoms with E-state index in [1.165, 1.54) is 0 Å². The van der Waals surface area contributed by atoms with E-state index in [9.17, 15) is 4.79 Å². The summed E-state index contributed by atoms with van der Waals surface area (Å²) in [6.07, 6.45) is 3.15. The number of carbonyl (C=O) groups is 1. The standard InChI is InChI=1S/C11H22N2O/c1-4-10(12(5-2)6-3)13-9-7-8-11(13)14/h10H,4-9H2,1-3H3. The molecule has 0 aromatic heterocycles. The summed E-state index contributed by atoms with van der Waals surface area (Å²) in [6, 6.07) is 0. The first-order valence-electron chi connectivity index (χ1n) is 5.78. The van der Waals surface area contributed by atoms with Crippen LogP contribution in [-0.2, 0) is 4.79 Å². The maximum atomic E-state index is 11.6. The Morgan fingerprint density at radius 2 is 2.00 bits per heavy atom. The van der Waals surface area contributed by atoms with Gasteiger partial charge in [-0.25, -0.2) is 0 Å². The molecule has 1 unspecified atom stereocenters. The lowest BCUT2D eigenvalue weighted by atomic mass is 10.3. The molecule has 0 bridgehead atoms. The summed E-state index contributed by atoms with van der Waals surface area (Å²) in [5.74, 6) is 0.337. The van der Waals surface area contributed by atoms with Gasteiger partial charge < -0.3 is 4.90 Å². The lowest BCUT2D eigenvalue weighted by molar-refractivity contribution is -0.133. The van der Waals surface area contributed by atoms with Crippen molar-refractivity contribution in [1.82, 2.24) is 9.80 Å². The van der Waals surface area contributed by atoms with Crippen LogP contribution >= 0.6 is 0 Å². The van der Waals surface area contributed by atoms with Crippen molar-refractivity contribution in [2.24, 2.45) is 0 Å². The van der Waals surface area contributed by atoms with Crippen LogP contribution in [0.25, 0.3) is 0 Å². The van der Waals surface area contributed by atoms with Crippen molar-refractivity contribution in [1.29, 1.82) is 0 Å². The molecule has 0 aromatic rings. The zero-order valence-corrected chi connectivity index (χ0v) is 9.62. The van der Waals surface area contributed by atoms with E-state index in [2.05, 4.69) is 25.7 Å². The van der Waals surface area contributed by atoms with Crippen LogP contribution in [-0.4, -0.2) is 41.5 Å². The fourth-order valence-corrected chi connectivity index (χ4v) is 2.30. The van der Waals surface area contributed by atoms with Gasteiger partial charge in [-0.15, -0.1) is 0 Å². The highest BCUT2D eigenvalue weighted by Gasteiger charge is 2.29. The molecule has 1 atom stereocenters. The van der Waals surface area contributed by atoms with Crippen molar-refractivity contribution < 1.29 is 4.79 Å². The second-order valence-electron chi connectivity index (χ2n) is 3.80. The van der Waals surface area contributed by atoms with Gasteiger partial charge in [0.05, 0.1) is 6.17 Å². The van der Waals surface area contributed by atoms with Crippen molar-refractivity contribution in [3.63, 3.8) is 0 Å². The predicted octanol–water partition coefficient (Wildman–Crippen LogP) is 1.69. The third-order valence-corrected chi connectivity index (χ3v) is 3.07. The molecule has 0 aromatic carbocycles. The summed E-state index contributed by atoms with van der Waals surface area (Å²) in [5, 5.41) is 0. The molecule has 1 fully saturated rings. The molecule has 0 aliphatic carbocycles. The quantitative estimate of drug-likeness (QED) is 0.671. The highest BCUT2D eigenvalue weighted by molar-refractivity contribution is 5.78. The molecule has 1 amide bonds. The predicted molar refractivity (Wildman–Crippen MR) is 57.9 cm³/mol. The van der Waals surface area contributed by atoms with Crippen LogP contribution in [0, 0.1) is 0 Å². The van der Waals surface area contributed by atoms with Crippen molar-refractivity contribution in [3.8, 4) is 0 Å². The van der Waals surface area contributed by atoms with E-state index in [4.69, 9.17) is 0 Å². The maximum absolute atomic E-state index is 11.6. The minimum Gasteiger partial charge on any atom is -0.327 e. The zero-order chi connectivity index (χ0) is 10.6. The second kappa shape index (κ2) is 5.35. The summed E-state index contributed by atoms with van der Waals surface area (Å²) < 4.78 is 0. The summed E-state index contributed by atoms with van der Waals surface area (Å²) in [5.41, 5.74) is 0. The fraction of sp³-hybridized carbons (Fsp3) is 0.909. The van der Waals surface area contributed by atoms with Gasteiger partial charge in [0.2, 0.25) is 5.91 Å². The largest absolute Gasteiger partial charge is 0.327 e. The highest BCUT2D eigenvalue weighted by Crippen LogP contribution is 2.18. The maximum Gasteiger partial charge on any atom is 0.223 e. The van der Waals surface area contributed by atoms with Gasteiger partial charge in [-0.2, -0.15) is 0 Å². The van der Waals surface area contributed by atoms with Gasteiger partial charge in [-0.1, -0.05) is 20.8 Å². The summed E-state index contributed by atoms with van der Waals surface area (Å²) in [6.45, 7) is 9.49. The number of rotatable bonds is 5. The van der Waals surface area contributed by atoms with Crippen molar-refractivity contribution >= 4 is 5.91 Å². The average Bonchev–Trinajstić information content (AvgIpc) is 2.61. The number of nitrogens with zero attached hydrogens (tertiary/aromatic N) is 2. The molecule has 82 valence electrons. The number of amides is 1. The Kier molecular flexibility index (Phi) is 4.39. The third kappa shape index (κ3) is 2.27. The Labute approximate surface area is 87.1 Å². The first kappa shape index (κ1) is 11.5. The Bertz CT molecular complexity index is 190. The monoisotopic (exact) mass is 198 g/mol. The minimum atomic E-state index is 0.333. The lowest BCUT2D eigenvalue weighted by Gasteiger charge is -2.36. The topological polar surface area (TPSA) is 23.6 Å². The lowest BCUT2D eigenvalue weighted by Crippen LogP contribution is -2.48. The number of hydrogen-bond donors (Lipinski definition) is 0. The summed E-state index contributed by atoms with van der Waals surface area (Å²) in [7, 11) is 0. The van der Waals surface area contributed by atoms with Gasteiger partial charge in [0.25, 0.3) is 0 Å². The molecule has 1 aliphatic heterocycles. The first-order chi connectivity index (χ1) is 6.74. The van der Waals surface area contributed by atoms with E-state index in [0.29, 0.717) is 12.1 Å². The van der Waals surface area contributed by atoms with Crippen LogP contribution in [0.4, 0.5) is 0 Å². The number of carbonyl (C=O) groups excluding carboxylic acids is 1. The molecular weight excluding hydrogens is 176 g/mol. The molecule has 0 N–H and O–H groups in total. The molecule has 3 nitrogen and oxygen atoms in total. The van der Waals surface area contributed by atoms with Crippen molar-refractivity contribution in [3.05, 3.63) is 0 Å². The first-order valence-corrected chi connectivity index (χ1v) is 5.78. The Balaban J connectivity index is 2.64. The van der Waals surface area contributed by atoms with E-state index in [1.807, 2.05) is 4.90 Å². The zero-order valence-electron chi connectivity index (χ0n) is 9.62. The Morgan fingerprint density at radius 3 is 2.36 bits per heavy atom. The van der Waals surface area contributed by atoms with Crippen LogP contribution in [0.15, 0.2) is 0 Å². The van der Waals surface area contributed by atoms with Crippen LogP contribution in [0.5, 0.6) is 0 Å². The average molecular weight is 198 g/mol. The smallest absolute Gasteiger partial charge is 0.223 e. The molecule has 1 rings (SSSR count). The second-order valence-corrected chi connectivity index (χ2v) is 3.80. The van der Waals surface area contributed by atoms with Gasteiger partial charge >= 0.3 is 0 Å². The van der Waals surface area contributed by atoms with Gasteiger partial charge in [0, 0.05) is 13.0 Å². The molecule has 14 heavy (non-hydrogen) atoms. The molecule has 1 heterocycles. The molecule has 1 saturated heterocycles. The SMILES string of the molecule is CCC(N(CC)CC)N1CCCC1=O. The molecule has 3 heteroatoms. The number of likely N-dealkylation sites (tertiary alicyclic amines) is 1. The Hall–Kier alpha value is -0.570. The minimum absolute atomic E-state index is 0.333. The van der Waals surface area contributed by atoms with E-state index >= 15 is 0 Å². The Morgan fingerprint density at radius 1 is 1.36 bits per heavy atom. The van der Waals surface area contributed by atoms with Crippen molar-refractivity contribution in [2.45, 2.75) is 46.2 Å². The van der Waals surface area contributed by atoms with Gasteiger partial charge in [0.1, 0.15) is 0 Å². The molecule has 0 spiro atoms. The van der Waals surface area contributed by atoms with Crippen molar-refractivity contribution in [2.75, 3.05) is 19.6 Å². The van der Waals surface area contributed by atoms with E-state index in [0.717, 1.165) is 38.9 Å². The van der Waals surface area contributed by atoms with Crippen LogP contribution in [0.1, 0.15) is 40.0 Å². The van der Waals surface area contributed by atoms with E-state index in [1.54, 1.807) is 0 Å². The molecule has 0 saturated carbocycles. The summed E-state index contributed by atoms with van der Waals surface area (Å²) >= 11 is 0. The van der Waals surface area contributed by atoms with Gasteiger partial charge in [-0.3, -0.25) is 9.69 Å². The summed E-state index contributed by atoms with van der Waals surface area (Å²) in [4.78, 5) is 16.0. The van der Waals surface area contributed by atoms with E-state index < -0.39 is 0 Å². The fourth-order valence-electron chi connectivity index (χ4n) is 2.30. The van der Waals surface area contributed by atoms with Crippen LogP contribution < -0.4 is 0 Å². The molecule has 1 aliphatic rings. The molecule has 0 radical (unpaired) electrons. The van der Waals surface area contributed by atoms with Crippen LogP contribution in [0.2, 0.25) is 0 Å². The highest BCUT2D eigenvalue weighted by atomic mass is 16.2. The normalized spacial score (nSPS) is 19.4. The number of hydrogen-bond acceptors (Lipinski definition) is 2. The van der Waals surface area contributed by atoms with Crippen LogP contribution in [0.3, 0.4) is 0 Å². The third-order valence-electron chi connectivity index (χ3n) is 3.07. The van der Waals surface area contributed by atoms with Gasteiger partial charge in [0.15, 0.2) is 0 Å². The van der Waals surface area contributed by atoms with Gasteiger partial charge in [-0.05, 0) is 25.9 Å². The van der Waals surface area contributed by atoms with E-state index in [-0.39, 0.29) is 0 Å².